The number of carboxylic acids is 1. The summed E-state index contributed by atoms with van der Waals surface area (Å²) in [5.74, 6) is -0.966. The van der Waals surface area contributed by atoms with Crippen LogP contribution in [0.2, 0.25) is 0 Å². The van der Waals surface area contributed by atoms with Crippen LogP contribution in [0, 0.1) is 11.8 Å². The van der Waals surface area contributed by atoms with Crippen LogP contribution in [0.4, 0.5) is 0 Å². The van der Waals surface area contributed by atoms with Crippen molar-refractivity contribution in [3.8, 4) is 0 Å². The van der Waals surface area contributed by atoms with Gasteiger partial charge in [-0.15, -0.1) is 11.3 Å². The maximum absolute atomic E-state index is 12.6. The second kappa shape index (κ2) is 6.36. The van der Waals surface area contributed by atoms with E-state index in [-0.39, 0.29) is 23.3 Å². The maximum atomic E-state index is 12.6. The first-order chi connectivity index (χ1) is 10.6. The minimum absolute atomic E-state index is 0.0481. The van der Waals surface area contributed by atoms with E-state index in [1.165, 1.54) is 0 Å². The maximum Gasteiger partial charge on any atom is 0.306 e. The zero-order chi connectivity index (χ0) is 15.6. The van der Waals surface area contributed by atoms with Crippen LogP contribution in [-0.4, -0.2) is 22.0 Å². The van der Waals surface area contributed by atoms with Gasteiger partial charge in [-0.3, -0.25) is 9.59 Å². The van der Waals surface area contributed by atoms with Crippen molar-refractivity contribution >= 4 is 23.2 Å². The van der Waals surface area contributed by atoms with Crippen LogP contribution in [0.15, 0.2) is 11.6 Å². The monoisotopic (exact) mass is 322 g/mol. The molecule has 0 unspecified atom stereocenters. The van der Waals surface area contributed by atoms with E-state index in [1.807, 2.05) is 5.38 Å². The third-order valence-electron chi connectivity index (χ3n) is 5.11. The van der Waals surface area contributed by atoms with Crippen LogP contribution in [0.3, 0.4) is 0 Å². The van der Waals surface area contributed by atoms with Gasteiger partial charge in [0, 0.05) is 17.5 Å². The van der Waals surface area contributed by atoms with E-state index in [0.717, 1.165) is 30.7 Å². The molecular weight excluding hydrogens is 300 g/mol. The second-order valence-corrected chi connectivity index (χ2v) is 7.40. The van der Waals surface area contributed by atoms with Crippen molar-refractivity contribution in [2.45, 2.75) is 56.9 Å². The fourth-order valence-electron chi connectivity index (χ4n) is 3.77. The predicted molar refractivity (Wildman–Crippen MR) is 83.5 cm³/mol. The summed E-state index contributed by atoms with van der Waals surface area (Å²) in [5, 5.41) is 15.3. The number of carbonyl (C=O) groups excluding carboxylic acids is 1. The van der Waals surface area contributed by atoms with E-state index in [4.69, 9.17) is 5.11 Å². The van der Waals surface area contributed by atoms with Gasteiger partial charge in [-0.25, -0.2) is 4.98 Å². The Bertz CT molecular complexity index is 530. The van der Waals surface area contributed by atoms with Gasteiger partial charge in [0.25, 0.3) is 0 Å². The van der Waals surface area contributed by atoms with Crippen LogP contribution >= 0.6 is 11.3 Å². The molecule has 3 rings (SSSR count). The SMILES string of the molecule is O=C(O)C1CCC(C(=O)NC2(c3nccs3)CCCC2)CC1. The Morgan fingerprint density at radius 1 is 1.18 bits per heavy atom. The minimum Gasteiger partial charge on any atom is -0.481 e. The topological polar surface area (TPSA) is 79.3 Å². The van der Waals surface area contributed by atoms with Crippen LogP contribution in [0.25, 0.3) is 0 Å². The van der Waals surface area contributed by atoms with Crippen LogP contribution in [0.1, 0.15) is 56.4 Å². The molecule has 0 aromatic carbocycles. The van der Waals surface area contributed by atoms with Gasteiger partial charge in [0.05, 0.1) is 11.5 Å². The summed E-state index contributed by atoms with van der Waals surface area (Å²) in [7, 11) is 0. The smallest absolute Gasteiger partial charge is 0.306 e. The number of nitrogens with one attached hydrogen (secondary N) is 1. The molecule has 0 saturated heterocycles. The highest BCUT2D eigenvalue weighted by Gasteiger charge is 2.41. The predicted octanol–water partition coefficient (Wildman–Crippen LogP) is 2.92. The van der Waals surface area contributed by atoms with Crippen LogP contribution in [-0.2, 0) is 15.1 Å². The van der Waals surface area contributed by atoms with Crippen molar-refractivity contribution in [3.05, 3.63) is 16.6 Å². The summed E-state index contributed by atoms with van der Waals surface area (Å²) < 4.78 is 0. The normalized spacial score (nSPS) is 27.5. The van der Waals surface area contributed by atoms with E-state index >= 15 is 0 Å². The molecule has 5 nitrogen and oxygen atoms in total. The van der Waals surface area contributed by atoms with E-state index in [0.29, 0.717) is 25.7 Å². The van der Waals surface area contributed by atoms with Crippen molar-refractivity contribution in [3.63, 3.8) is 0 Å². The van der Waals surface area contributed by atoms with Gasteiger partial charge in [0.2, 0.25) is 5.91 Å². The molecule has 2 aliphatic rings. The van der Waals surface area contributed by atoms with E-state index in [1.54, 1.807) is 17.5 Å². The van der Waals surface area contributed by atoms with Crippen molar-refractivity contribution in [2.24, 2.45) is 11.8 Å². The Kier molecular flexibility index (Phi) is 4.47. The first kappa shape index (κ1) is 15.5. The van der Waals surface area contributed by atoms with Gasteiger partial charge >= 0.3 is 5.97 Å². The third kappa shape index (κ3) is 3.02. The first-order valence-electron chi connectivity index (χ1n) is 8.05. The standard InChI is InChI=1S/C16H22N2O3S/c19-13(11-3-5-12(6-4-11)14(20)21)18-16(7-1-2-8-16)15-17-9-10-22-15/h9-12H,1-8H2,(H,18,19)(H,20,21). The zero-order valence-corrected chi connectivity index (χ0v) is 13.4. The molecule has 120 valence electrons. The average Bonchev–Trinajstić information content (AvgIpc) is 3.19. The molecule has 1 aromatic heterocycles. The van der Waals surface area contributed by atoms with E-state index in [2.05, 4.69) is 10.3 Å². The van der Waals surface area contributed by atoms with Gasteiger partial charge < -0.3 is 10.4 Å². The van der Waals surface area contributed by atoms with Crippen molar-refractivity contribution in [2.75, 3.05) is 0 Å². The number of hydrogen-bond donors (Lipinski definition) is 2. The Morgan fingerprint density at radius 3 is 2.36 bits per heavy atom. The first-order valence-corrected chi connectivity index (χ1v) is 8.93. The van der Waals surface area contributed by atoms with Crippen molar-refractivity contribution in [1.82, 2.24) is 10.3 Å². The summed E-state index contributed by atoms with van der Waals surface area (Å²) in [6, 6.07) is 0. The van der Waals surface area contributed by atoms with Gasteiger partial charge in [0.1, 0.15) is 5.01 Å². The zero-order valence-electron chi connectivity index (χ0n) is 12.6. The molecular formula is C16H22N2O3S. The lowest BCUT2D eigenvalue weighted by Gasteiger charge is -2.32. The number of hydrogen-bond acceptors (Lipinski definition) is 4. The molecule has 2 fully saturated rings. The lowest BCUT2D eigenvalue weighted by Crippen LogP contribution is -2.47. The molecule has 2 saturated carbocycles. The number of rotatable bonds is 4. The fraction of sp³-hybridized carbons (Fsp3) is 0.688. The number of carbonyl (C=O) groups is 2. The summed E-state index contributed by atoms with van der Waals surface area (Å²) in [6.07, 6.45) is 8.51. The molecule has 1 aromatic rings. The summed E-state index contributed by atoms with van der Waals surface area (Å²) in [5.41, 5.74) is -0.283. The molecule has 0 radical (unpaired) electrons. The number of carboxylic acid groups (broad SMARTS) is 1. The summed E-state index contributed by atoms with van der Waals surface area (Å²) >= 11 is 1.61. The highest BCUT2D eigenvalue weighted by molar-refractivity contribution is 7.09. The molecule has 2 N–H and O–H groups in total. The number of thiazole rings is 1. The third-order valence-corrected chi connectivity index (χ3v) is 6.09. The van der Waals surface area contributed by atoms with E-state index < -0.39 is 5.97 Å². The number of amides is 1. The van der Waals surface area contributed by atoms with E-state index in [9.17, 15) is 9.59 Å². The quantitative estimate of drug-likeness (QED) is 0.893. The van der Waals surface area contributed by atoms with Crippen LogP contribution < -0.4 is 5.32 Å². The largest absolute Gasteiger partial charge is 0.481 e. The number of aliphatic carboxylic acids is 1. The molecule has 22 heavy (non-hydrogen) atoms. The van der Waals surface area contributed by atoms with Crippen molar-refractivity contribution < 1.29 is 14.7 Å². The lowest BCUT2D eigenvalue weighted by atomic mass is 9.81. The van der Waals surface area contributed by atoms with Gasteiger partial charge in [-0.05, 0) is 38.5 Å². The molecule has 0 atom stereocenters. The molecule has 1 heterocycles. The molecule has 0 aliphatic heterocycles. The average molecular weight is 322 g/mol. The number of nitrogens with zero attached hydrogens (tertiary/aromatic N) is 1. The minimum atomic E-state index is -0.728. The Balaban J connectivity index is 1.64. The second-order valence-electron chi connectivity index (χ2n) is 6.50. The fourth-order valence-corrected chi connectivity index (χ4v) is 4.62. The molecule has 1 amide bonds. The molecule has 0 bridgehead atoms. The highest BCUT2D eigenvalue weighted by Crippen LogP contribution is 2.40. The Morgan fingerprint density at radius 2 is 1.82 bits per heavy atom. The molecule has 0 spiro atoms. The Labute approximate surface area is 134 Å². The summed E-state index contributed by atoms with van der Waals surface area (Å²) in [4.78, 5) is 28.1. The molecule has 6 heteroatoms. The van der Waals surface area contributed by atoms with Crippen LogP contribution in [0.5, 0.6) is 0 Å². The van der Waals surface area contributed by atoms with Crippen molar-refractivity contribution in [1.29, 1.82) is 0 Å². The Hall–Kier alpha value is -1.43. The lowest BCUT2D eigenvalue weighted by molar-refractivity contribution is -0.144. The van der Waals surface area contributed by atoms with Gasteiger partial charge in [0.15, 0.2) is 0 Å². The molecule has 2 aliphatic carbocycles. The van der Waals surface area contributed by atoms with Gasteiger partial charge in [-0.1, -0.05) is 12.8 Å². The van der Waals surface area contributed by atoms with Gasteiger partial charge in [-0.2, -0.15) is 0 Å². The highest BCUT2D eigenvalue weighted by atomic mass is 32.1. The summed E-state index contributed by atoms with van der Waals surface area (Å²) in [6.45, 7) is 0. The number of aromatic nitrogens is 1.